The van der Waals surface area contributed by atoms with Gasteiger partial charge >= 0.3 is 6.09 Å². The van der Waals surface area contributed by atoms with Gasteiger partial charge in [-0.05, 0) is 60.9 Å². The van der Waals surface area contributed by atoms with Crippen molar-refractivity contribution in [2.24, 2.45) is 0 Å². The summed E-state index contributed by atoms with van der Waals surface area (Å²) in [4.78, 5) is 40.4. The highest BCUT2D eigenvalue weighted by molar-refractivity contribution is 6.04. The molecule has 1 saturated heterocycles. The number of nitrogens with zero attached hydrogens (tertiary/aromatic N) is 1. The molecule has 1 aliphatic rings. The summed E-state index contributed by atoms with van der Waals surface area (Å²) in [6.45, 7) is 4.69. The Kier molecular flexibility index (Phi) is 8.08. The molecule has 4 rings (SSSR count). The first-order valence-electron chi connectivity index (χ1n) is 12.3. The molecule has 37 heavy (non-hydrogen) atoms. The van der Waals surface area contributed by atoms with Gasteiger partial charge in [0.1, 0.15) is 5.75 Å². The number of benzene rings is 3. The highest BCUT2D eigenvalue weighted by atomic mass is 16.6. The van der Waals surface area contributed by atoms with Crippen molar-refractivity contribution in [3.05, 3.63) is 95.1 Å². The number of carbonyl (C=O) groups excluding carboxylic acids is 3. The Morgan fingerprint density at radius 2 is 1.76 bits per heavy atom. The van der Waals surface area contributed by atoms with Gasteiger partial charge in [-0.15, -0.1) is 0 Å². The maximum atomic E-state index is 13.2. The van der Waals surface area contributed by atoms with Gasteiger partial charge in [-0.25, -0.2) is 4.79 Å². The lowest BCUT2D eigenvalue weighted by atomic mass is 10.00. The molecule has 1 aliphatic heterocycles. The van der Waals surface area contributed by atoms with Crippen molar-refractivity contribution in [1.29, 1.82) is 0 Å². The van der Waals surface area contributed by atoms with E-state index in [1.165, 1.54) is 4.90 Å². The summed E-state index contributed by atoms with van der Waals surface area (Å²) in [7, 11) is 1.56. The minimum Gasteiger partial charge on any atom is -0.497 e. The number of aryl methyl sites for hydroxylation is 1. The van der Waals surface area contributed by atoms with Gasteiger partial charge in [0.2, 0.25) is 5.91 Å². The van der Waals surface area contributed by atoms with E-state index in [4.69, 9.17) is 9.47 Å². The average molecular weight is 502 g/mol. The molecule has 2 N–H and O–H groups in total. The maximum absolute atomic E-state index is 13.2. The highest BCUT2D eigenvalue weighted by Crippen LogP contribution is 2.35. The van der Waals surface area contributed by atoms with Crippen molar-refractivity contribution >= 4 is 23.6 Å². The van der Waals surface area contributed by atoms with Gasteiger partial charge in [-0.2, -0.15) is 0 Å². The van der Waals surface area contributed by atoms with E-state index in [1.54, 1.807) is 55.6 Å². The molecule has 0 radical (unpaired) electrons. The highest BCUT2D eigenvalue weighted by Gasteiger charge is 2.46. The van der Waals surface area contributed by atoms with Gasteiger partial charge in [0.25, 0.3) is 5.91 Å². The van der Waals surface area contributed by atoms with Gasteiger partial charge in [0.05, 0.1) is 13.7 Å². The lowest BCUT2D eigenvalue weighted by Gasteiger charge is -2.24. The Morgan fingerprint density at radius 1 is 1.03 bits per heavy atom. The summed E-state index contributed by atoms with van der Waals surface area (Å²) >= 11 is 0. The molecule has 192 valence electrons. The predicted molar refractivity (Wildman–Crippen MR) is 140 cm³/mol. The normalized spacial score (nSPS) is 16.7. The monoisotopic (exact) mass is 501 g/mol. The van der Waals surface area contributed by atoms with Crippen molar-refractivity contribution in [2.45, 2.75) is 39.0 Å². The van der Waals surface area contributed by atoms with E-state index in [9.17, 15) is 14.4 Å². The molecule has 0 unspecified atom stereocenters. The van der Waals surface area contributed by atoms with Crippen LogP contribution in [-0.2, 0) is 16.1 Å². The number of hydrogen-bond donors (Lipinski definition) is 2. The van der Waals surface area contributed by atoms with Crippen LogP contribution >= 0.6 is 0 Å². The number of carbonyl (C=O) groups is 3. The third kappa shape index (κ3) is 6.09. The zero-order chi connectivity index (χ0) is 26.4. The number of methoxy groups -OCH3 is 1. The molecule has 3 aromatic rings. The average Bonchev–Trinajstić information content (AvgIpc) is 3.24. The molecule has 1 fully saturated rings. The van der Waals surface area contributed by atoms with E-state index >= 15 is 0 Å². The molecule has 0 spiro atoms. The predicted octanol–water partition coefficient (Wildman–Crippen LogP) is 4.84. The summed E-state index contributed by atoms with van der Waals surface area (Å²) in [5.74, 6) is 0.0862. The molecule has 0 bridgehead atoms. The molecule has 0 aromatic heterocycles. The number of ether oxygens (including phenoxy) is 2. The van der Waals surface area contributed by atoms with E-state index in [-0.39, 0.29) is 18.4 Å². The Labute approximate surface area is 216 Å². The Hall–Kier alpha value is -4.33. The largest absolute Gasteiger partial charge is 0.497 e. The molecule has 2 atom stereocenters. The molecule has 0 aliphatic carbocycles. The van der Waals surface area contributed by atoms with E-state index in [1.807, 2.05) is 38.1 Å². The standard InChI is InChI=1S/C29H31N3O5/c1-4-16-30-28(34)25-26(37-29(35)32(25)18-20-10-8-19(2)9-11-20)22-6-5-7-23(17-22)31-27(33)21-12-14-24(36-3)15-13-21/h5-15,17,25-26H,4,16,18H2,1-3H3,(H,30,34)(H,31,33)/t25-,26+/m0/s1. The van der Waals surface area contributed by atoms with Crippen LogP contribution in [-0.4, -0.2) is 42.5 Å². The first kappa shape index (κ1) is 25.8. The quantitative estimate of drug-likeness (QED) is 0.437. The van der Waals surface area contributed by atoms with Crippen LogP contribution in [0.3, 0.4) is 0 Å². The fraction of sp³-hybridized carbons (Fsp3) is 0.276. The van der Waals surface area contributed by atoms with Crippen LogP contribution in [0.5, 0.6) is 5.75 Å². The van der Waals surface area contributed by atoms with Crippen LogP contribution in [0, 0.1) is 6.92 Å². The third-order valence-corrected chi connectivity index (χ3v) is 6.20. The Morgan fingerprint density at radius 3 is 2.43 bits per heavy atom. The lowest BCUT2D eigenvalue weighted by molar-refractivity contribution is -0.126. The molecular weight excluding hydrogens is 470 g/mol. The first-order chi connectivity index (χ1) is 17.9. The molecule has 0 saturated carbocycles. The number of amides is 3. The van der Waals surface area contributed by atoms with Crippen LogP contribution in [0.1, 0.15) is 46.5 Å². The molecular formula is C29H31N3O5. The first-order valence-corrected chi connectivity index (χ1v) is 12.3. The van der Waals surface area contributed by atoms with E-state index < -0.39 is 18.2 Å². The minimum absolute atomic E-state index is 0.244. The lowest BCUT2D eigenvalue weighted by Crippen LogP contribution is -2.46. The molecule has 3 amide bonds. The van der Waals surface area contributed by atoms with E-state index in [2.05, 4.69) is 10.6 Å². The van der Waals surface area contributed by atoms with Gasteiger partial charge < -0.3 is 20.1 Å². The van der Waals surface area contributed by atoms with Gasteiger partial charge in [-0.3, -0.25) is 14.5 Å². The summed E-state index contributed by atoms with van der Waals surface area (Å²) < 4.78 is 10.9. The van der Waals surface area contributed by atoms with Crippen molar-refractivity contribution in [2.75, 3.05) is 19.0 Å². The van der Waals surface area contributed by atoms with E-state index in [0.29, 0.717) is 29.1 Å². The van der Waals surface area contributed by atoms with Gasteiger partial charge in [-0.1, -0.05) is 48.9 Å². The summed E-state index contributed by atoms with van der Waals surface area (Å²) in [5, 5.41) is 5.78. The fourth-order valence-electron chi connectivity index (χ4n) is 4.19. The van der Waals surface area contributed by atoms with Gasteiger partial charge in [0.15, 0.2) is 12.1 Å². The van der Waals surface area contributed by atoms with Crippen LogP contribution in [0.4, 0.5) is 10.5 Å². The second kappa shape index (κ2) is 11.6. The second-order valence-electron chi connectivity index (χ2n) is 8.96. The number of nitrogens with one attached hydrogen (secondary N) is 2. The molecule has 8 heteroatoms. The summed E-state index contributed by atoms with van der Waals surface area (Å²) in [5.41, 5.74) is 3.62. The van der Waals surface area contributed by atoms with Crippen molar-refractivity contribution in [1.82, 2.24) is 10.2 Å². The zero-order valence-corrected chi connectivity index (χ0v) is 21.2. The number of hydrogen-bond acceptors (Lipinski definition) is 5. The van der Waals surface area contributed by atoms with Crippen LogP contribution < -0.4 is 15.4 Å². The second-order valence-corrected chi connectivity index (χ2v) is 8.96. The number of rotatable bonds is 9. The van der Waals surface area contributed by atoms with Crippen molar-refractivity contribution in [3.63, 3.8) is 0 Å². The van der Waals surface area contributed by atoms with Crippen molar-refractivity contribution in [3.8, 4) is 5.75 Å². The Balaban J connectivity index is 1.57. The van der Waals surface area contributed by atoms with Crippen LogP contribution in [0.25, 0.3) is 0 Å². The minimum atomic E-state index is -0.854. The summed E-state index contributed by atoms with van der Waals surface area (Å²) in [6, 6.07) is 20.8. The SMILES string of the molecule is CCCNC(=O)[C@@H]1[C@@H](c2cccc(NC(=O)c3ccc(OC)cc3)c2)OC(=O)N1Cc1ccc(C)cc1. The smallest absolute Gasteiger partial charge is 0.411 e. The van der Waals surface area contributed by atoms with Crippen LogP contribution in [0.15, 0.2) is 72.8 Å². The zero-order valence-electron chi connectivity index (χ0n) is 21.2. The fourth-order valence-corrected chi connectivity index (χ4v) is 4.19. The number of anilines is 1. The van der Waals surface area contributed by atoms with Crippen molar-refractivity contribution < 1.29 is 23.9 Å². The third-order valence-electron chi connectivity index (χ3n) is 6.20. The molecule has 1 heterocycles. The molecule has 3 aromatic carbocycles. The molecule has 8 nitrogen and oxygen atoms in total. The van der Waals surface area contributed by atoms with Gasteiger partial charge in [0, 0.05) is 17.8 Å². The number of cyclic esters (lactones) is 1. The maximum Gasteiger partial charge on any atom is 0.411 e. The Bertz CT molecular complexity index is 1260. The topological polar surface area (TPSA) is 97.0 Å². The van der Waals surface area contributed by atoms with Crippen LogP contribution in [0.2, 0.25) is 0 Å². The summed E-state index contributed by atoms with van der Waals surface area (Å²) in [6.07, 6.45) is -0.620. The van der Waals surface area contributed by atoms with E-state index in [0.717, 1.165) is 17.5 Å².